The Morgan fingerprint density at radius 1 is 0.306 bits per heavy atom. The SMILES string of the molecule is CN1CCN(C)c2cc3c(cc21)c1cc2c(cc1c1cc4c(cc31)N(C)CCN4C)N(C)CCN2C. The number of hydrogen-bond donors (Lipinski definition) is 0. The summed E-state index contributed by atoms with van der Waals surface area (Å²) >= 11 is 0. The maximum atomic E-state index is 2.45. The third-order valence-electron chi connectivity index (χ3n) is 8.99. The average Bonchev–Trinajstić information content (AvgIpc) is 2.89. The Balaban J connectivity index is 1.67. The smallest absolute Gasteiger partial charge is 0.0608 e. The van der Waals surface area contributed by atoms with E-state index in [2.05, 4.69) is 108 Å². The first-order valence-corrected chi connectivity index (χ1v) is 13.1. The van der Waals surface area contributed by atoms with Gasteiger partial charge < -0.3 is 29.4 Å². The van der Waals surface area contributed by atoms with E-state index in [0.29, 0.717) is 0 Å². The second-order valence-electron chi connectivity index (χ2n) is 11.2. The molecule has 0 fully saturated rings. The van der Waals surface area contributed by atoms with E-state index in [1.165, 1.54) is 66.4 Å². The minimum absolute atomic E-state index is 1.05. The van der Waals surface area contributed by atoms with Crippen LogP contribution in [0.5, 0.6) is 0 Å². The number of rotatable bonds is 0. The van der Waals surface area contributed by atoms with Crippen LogP contribution in [0.2, 0.25) is 0 Å². The van der Waals surface area contributed by atoms with Gasteiger partial charge in [0.2, 0.25) is 0 Å². The standard InChI is InChI=1S/C30H36N6/c1-31-7-8-32(2)26-14-20-19(13-25(26)31)21-15-27-29(35(5)10-9-33(27)3)17-23(21)24-18-30-28(16-22(20)24)34(4)11-12-36(30)6/h13-18H,7-12H2,1-6H3. The van der Waals surface area contributed by atoms with E-state index in [4.69, 9.17) is 0 Å². The van der Waals surface area contributed by atoms with Crippen LogP contribution in [0.3, 0.4) is 0 Å². The molecular formula is C30H36N6. The highest BCUT2D eigenvalue weighted by Gasteiger charge is 2.26. The van der Waals surface area contributed by atoms with Crippen LogP contribution in [0.25, 0.3) is 32.3 Å². The van der Waals surface area contributed by atoms with Gasteiger partial charge in [0.25, 0.3) is 0 Å². The summed E-state index contributed by atoms with van der Waals surface area (Å²) in [4.78, 5) is 14.5. The Labute approximate surface area is 213 Å². The second-order valence-corrected chi connectivity index (χ2v) is 11.2. The van der Waals surface area contributed by atoms with E-state index in [0.717, 1.165) is 39.3 Å². The van der Waals surface area contributed by atoms with Crippen molar-refractivity contribution in [3.63, 3.8) is 0 Å². The third kappa shape index (κ3) is 2.90. The number of hydrogen-bond acceptors (Lipinski definition) is 6. The lowest BCUT2D eigenvalue weighted by Crippen LogP contribution is -2.37. The molecule has 186 valence electrons. The van der Waals surface area contributed by atoms with E-state index < -0.39 is 0 Å². The van der Waals surface area contributed by atoms with Crippen LogP contribution < -0.4 is 29.4 Å². The highest BCUT2D eigenvalue weighted by atomic mass is 15.3. The van der Waals surface area contributed by atoms with Crippen molar-refractivity contribution >= 4 is 66.4 Å². The van der Waals surface area contributed by atoms with Gasteiger partial charge in [-0.05, 0) is 68.7 Å². The molecule has 3 aliphatic heterocycles. The van der Waals surface area contributed by atoms with Gasteiger partial charge in [-0.15, -0.1) is 0 Å². The fourth-order valence-electron chi connectivity index (χ4n) is 6.52. The molecule has 0 saturated heterocycles. The Kier molecular flexibility index (Phi) is 4.51. The van der Waals surface area contributed by atoms with Crippen LogP contribution in [0.15, 0.2) is 36.4 Å². The van der Waals surface area contributed by atoms with Crippen molar-refractivity contribution in [1.29, 1.82) is 0 Å². The zero-order valence-electron chi connectivity index (χ0n) is 22.4. The minimum atomic E-state index is 1.05. The van der Waals surface area contributed by atoms with Gasteiger partial charge in [-0.2, -0.15) is 0 Å². The Morgan fingerprint density at radius 2 is 0.444 bits per heavy atom. The summed E-state index contributed by atoms with van der Waals surface area (Å²) in [5.74, 6) is 0. The molecule has 4 aromatic rings. The van der Waals surface area contributed by atoms with Crippen molar-refractivity contribution in [3.8, 4) is 0 Å². The summed E-state index contributed by atoms with van der Waals surface area (Å²) in [5.41, 5.74) is 7.97. The molecule has 3 aliphatic rings. The van der Waals surface area contributed by atoms with Gasteiger partial charge in [0, 0.05) is 81.6 Å². The lowest BCUT2D eigenvalue weighted by molar-refractivity contribution is 0.798. The summed E-state index contributed by atoms with van der Waals surface area (Å²) < 4.78 is 0. The average molecular weight is 481 g/mol. The van der Waals surface area contributed by atoms with E-state index in [-0.39, 0.29) is 0 Å². The number of anilines is 6. The van der Waals surface area contributed by atoms with Gasteiger partial charge in [-0.25, -0.2) is 0 Å². The molecule has 0 radical (unpaired) electrons. The quantitative estimate of drug-likeness (QED) is 0.334. The molecule has 0 amide bonds. The highest BCUT2D eigenvalue weighted by molar-refractivity contribution is 6.29. The van der Waals surface area contributed by atoms with Gasteiger partial charge in [0.15, 0.2) is 0 Å². The van der Waals surface area contributed by atoms with Crippen molar-refractivity contribution in [2.24, 2.45) is 0 Å². The normalized spacial score (nSPS) is 17.8. The zero-order chi connectivity index (χ0) is 24.9. The van der Waals surface area contributed by atoms with Crippen LogP contribution in [-0.2, 0) is 0 Å². The number of fused-ring (bicyclic) bond motifs is 9. The summed E-state index contributed by atoms with van der Waals surface area (Å²) in [6, 6.07) is 14.7. The predicted molar refractivity (Wildman–Crippen MR) is 159 cm³/mol. The highest BCUT2D eigenvalue weighted by Crippen LogP contribution is 2.48. The number of likely N-dealkylation sites (N-methyl/N-ethyl adjacent to an activating group) is 6. The molecule has 0 aromatic heterocycles. The van der Waals surface area contributed by atoms with Crippen molar-refractivity contribution in [3.05, 3.63) is 36.4 Å². The molecule has 7 rings (SSSR count). The van der Waals surface area contributed by atoms with Crippen molar-refractivity contribution in [2.75, 3.05) is 111 Å². The molecule has 6 heteroatoms. The molecule has 6 nitrogen and oxygen atoms in total. The summed E-state index contributed by atoms with van der Waals surface area (Å²) in [6.45, 7) is 6.30. The third-order valence-corrected chi connectivity index (χ3v) is 8.99. The van der Waals surface area contributed by atoms with Crippen LogP contribution in [-0.4, -0.2) is 81.6 Å². The Hall–Kier alpha value is -3.54. The Morgan fingerprint density at radius 3 is 0.583 bits per heavy atom. The van der Waals surface area contributed by atoms with E-state index in [9.17, 15) is 0 Å². The summed E-state index contributed by atoms with van der Waals surface area (Å²) in [5, 5.41) is 8.14. The minimum Gasteiger partial charge on any atom is -0.371 e. The Bertz CT molecular complexity index is 1230. The molecule has 0 spiro atoms. The van der Waals surface area contributed by atoms with Crippen LogP contribution in [0.1, 0.15) is 0 Å². The maximum absolute atomic E-state index is 2.45. The zero-order valence-corrected chi connectivity index (χ0v) is 22.4. The molecule has 0 bridgehead atoms. The lowest BCUT2D eigenvalue weighted by Gasteiger charge is -2.37. The lowest BCUT2D eigenvalue weighted by atomic mass is 9.90. The molecular weight excluding hydrogens is 444 g/mol. The largest absolute Gasteiger partial charge is 0.371 e. The fraction of sp³-hybridized carbons (Fsp3) is 0.400. The molecule has 36 heavy (non-hydrogen) atoms. The van der Waals surface area contributed by atoms with Crippen LogP contribution in [0.4, 0.5) is 34.1 Å². The summed E-state index contributed by atoms with van der Waals surface area (Å²) in [7, 11) is 13.4. The first-order chi connectivity index (χ1) is 17.3. The predicted octanol–water partition coefficient (Wildman–Crippen LogP) is 4.80. The van der Waals surface area contributed by atoms with Crippen LogP contribution in [0, 0.1) is 0 Å². The number of nitrogens with zero attached hydrogens (tertiary/aromatic N) is 6. The van der Waals surface area contributed by atoms with Crippen molar-refractivity contribution < 1.29 is 0 Å². The first kappa shape index (κ1) is 21.7. The van der Waals surface area contributed by atoms with Crippen molar-refractivity contribution in [2.45, 2.75) is 0 Å². The van der Waals surface area contributed by atoms with Gasteiger partial charge in [-0.1, -0.05) is 0 Å². The fourth-order valence-corrected chi connectivity index (χ4v) is 6.52. The summed E-state index contributed by atoms with van der Waals surface area (Å²) in [6.07, 6.45) is 0. The molecule has 4 aromatic carbocycles. The van der Waals surface area contributed by atoms with E-state index >= 15 is 0 Å². The maximum Gasteiger partial charge on any atom is 0.0608 e. The van der Waals surface area contributed by atoms with Gasteiger partial charge >= 0.3 is 0 Å². The second kappa shape index (κ2) is 7.48. The van der Waals surface area contributed by atoms with Crippen LogP contribution >= 0.6 is 0 Å². The van der Waals surface area contributed by atoms with Gasteiger partial charge in [0.05, 0.1) is 34.1 Å². The van der Waals surface area contributed by atoms with Crippen molar-refractivity contribution in [1.82, 2.24) is 0 Å². The molecule has 0 unspecified atom stereocenters. The first-order valence-electron chi connectivity index (χ1n) is 13.1. The monoisotopic (exact) mass is 480 g/mol. The van der Waals surface area contributed by atoms with Gasteiger partial charge in [0.1, 0.15) is 0 Å². The number of benzene rings is 4. The molecule has 0 atom stereocenters. The molecule has 0 saturated carbocycles. The molecule has 3 heterocycles. The van der Waals surface area contributed by atoms with E-state index in [1.54, 1.807) is 0 Å². The molecule has 0 N–H and O–H groups in total. The van der Waals surface area contributed by atoms with Gasteiger partial charge in [-0.3, -0.25) is 0 Å². The van der Waals surface area contributed by atoms with E-state index in [1.807, 2.05) is 0 Å². The molecule has 0 aliphatic carbocycles. The topological polar surface area (TPSA) is 19.4 Å².